The van der Waals surface area contributed by atoms with Crippen LogP contribution in [0.3, 0.4) is 0 Å². The molecule has 1 aliphatic rings. The molecule has 0 spiro atoms. The Morgan fingerprint density at radius 2 is 2.08 bits per heavy atom. The van der Waals surface area contributed by atoms with E-state index in [0.717, 1.165) is 49.2 Å². The van der Waals surface area contributed by atoms with E-state index < -0.39 is 0 Å². The molecule has 2 aromatic heterocycles. The van der Waals surface area contributed by atoms with E-state index >= 15 is 0 Å². The highest BCUT2D eigenvalue weighted by Gasteiger charge is 2.18. The molecule has 0 amide bonds. The largest absolute Gasteiger partial charge is 0.298 e. The predicted molar refractivity (Wildman–Crippen MR) is 93.2 cm³/mol. The molecule has 4 rings (SSSR count). The summed E-state index contributed by atoms with van der Waals surface area (Å²) in [5.41, 5.74) is 6.23. The summed E-state index contributed by atoms with van der Waals surface area (Å²) in [5, 5.41) is 10.9. The summed E-state index contributed by atoms with van der Waals surface area (Å²) in [6.45, 7) is 2.65. The standard InChI is InChI=1S/C17H16N4O2S/c22-21(23)14-8-13-3-5-20(6-4-15(13)18-9-14)10-12-1-2-17-16(7-12)19-11-24-17/h1-2,7-9,11H,3-6,10H2. The lowest BCUT2D eigenvalue weighted by Crippen LogP contribution is -2.25. The minimum Gasteiger partial charge on any atom is -0.298 e. The zero-order valence-electron chi connectivity index (χ0n) is 13.0. The zero-order chi connectivity index (χ0) is 16.5. The third-order valence-corrected chi connectivity index (χ3v) is 5.23. The molecule has 6 nitrogen and oxygen atoms in total. The second kappa shape index (κ2) is 6.26. The molecule has 1 aromatic carbocycles. The number of pyridine rings is 1. The minimum atomic E-state index is -0.376. The first-order valence-corrected chi connectivity index (χ1v) is 8.74. The average Bonchev–Trinajstić information content (AvgIpc) is 2.96. The van der Waals surface area contributed by atoms with Gasteiger partial charge in [0.25, 0.3) is 5.69 Å². The molecule has 0 saturated heterocycles. The second-order valence-electron chi connectivity index (χ2n) is 5.99. The van der Waals surface area contributed by atoms with Crippen molar-refractivity contribution in [2.75, 3.05) is 13.1 Å². The van der Waals surface area contributed by atoms with E-state index in [0.29, 0.717) is 0 Å². The first kappa shape index (κ1) is 15.2. The summed E-state index contributed by atoms with van der Waals surface area (Å²) < 4.78 is 1.21. The van der Waals surface area contributed by atoms with Gasteiger partial charge < -0.3 is 0 Å². The van der Waals surface area contributed by atoms with E-state index in [1.54, 1.807) is 17.4 Å². The highest BCUT2D eigenvalue weighted by atomic mass is 32.1. The number of aromatic nitrogens is 2. The number of thiazole rings is 1. The zero-order valence-corrected chi connectivity index (χ0v) is 13.8. The van der Waals surface area contributed by atoms with Crippen molar-refractivity contribution in [3.63, 3.8) is 0 Å². The second-order valence-corrected chi connectivity index (χ2v) is 6.87. The lowest BCUT2D eigenvalue weighted by atomic mass is 10.1. The van der Waals surface area contributed by atoms with Gasteiger partial charge in [0.2, 0.25) is 0 Å². The van der Waals surface area contributed by atoms with Crippen molar-refractivity contribution in [2.24, 2.45) is 0 Å². The Morgan fingerprint density at radius 1 is 1.21 bits per heavy atom. The van der Waals surface area contributed by atoms with Gasteiger partial charge in [-0.15, -0.1) is 11.3 Å². The molecule has 0 aliphatic carbocycles. The maximum Gasteiger partial charge on any atom is 0.287 e. The Bertz CT molecular complexity index is 908. The van der Waals surface area contributed by atoms with Crippen molar-refractivity contribution in [3.05, 3.63) is 62.9 Å². The third-order valence-electron chi connectivity index (χ3n) is 4.42. The van der Waals surface area contributed by atoms with Crippen molar-refractivity contribution in [3.8, 4) is 0 Å². The van der Waals surface area contributed by atoms with E-state index in [-0.39, 0.29) is 10.6 Å². The molecule has 3 heterocycles. The summed E-state index contributed by atoms with van der Waals surface area (Å²) in [5.74, 6) is 0. The highest BCUT2D eigenvalue weighted by molar-refractivity contribution is 7.16. The monoisotopic (exact) mass is 340 g/mol. The molecule has 7 heteroatoms. The molecular weight excluding hydrogens is 324 g/mol. The predicted octanol–water partition coefficient (Wildman–Crippen LogP) is 3.20. The van der Waals surface area contributed by atoms with Crippen LogP contribution < -0.4 is 0 Å². The number of hydrogen-bond donors (Lipinski definition) is 0. The molecule has 0 radical (unpaired) electrons. The summed E-state index contributed by atoms with van der Waals surface area (Å²) >= 11 is 1.65. The third kappa shape index (κ3) is 3.00. The maximum atomic E-state index is 10.9. The lowest BCUT2D eigenvalue weighted by molar-refractivity contribution is -0.385. The van der Waals surface area contributed by atoms with E-state index in [1.807, 2.05) is 5.51 Å². The Balaban J connectivity index is 1.49. The quantitative estimate of drug-likeness (QED) is 0.541. The van der Waals surface area contributed by atoms with Crippen LogP contribution in [0.5, 0.6) is 0 Å². The van der Waals surface area contributed by atoms with Gasteiger partial charge in [-0.1, -0.05) is 6.07 Å². The van der Waals surface area contributed by atoms with Crippen LogP contribution in [0.2, 0.25) is 0 Å². The van der Waals surface area contributed by atoms with Crippen LogP contribution in [0.25, 0.3) is 10.2 Å². The molecule has 24 heavy (non-hydrogen) atoms. The van der Waals surface area contributed by atoms with Gasteiger partial charge in [-0.2, -0.15) is 0 Å². The van der Waals surface area contributed by atoms with Gasteiger partial charge in [0.1, 0.15) is 6.20 Å². The van der Waals surface area contributed by atoms with Gasteiger partial charge in [0.05, 0.1) is 20.7 Å². The summed E-state index contributed by atoms with van der Waals surface area (Å²) in [4.78, 5) is 21.6. The van der Waals surface area contributed by atoms with Crippen LogP contribution in [0.4, 0.5) is 5.69 Å². The Labute approximate surface area is 142 Å². The fourth-order valence-corrected chi connectivity index (χ4v) is 3.80. The molecule has 0 bridgehead atoms. The van der Waals surface area contributed by atoms with Gasteiger partial charge in [-0.05, 0) is 29.7 Å². The van der Waals surface area contributed by atoms with Crippen molar-refractivity contribution >= 4 is 27.2 Å². The molecule has 0 N–H and O–H groups in total. The molecule has 0 fully saturated rings. The SMILES string of the molecule is O=[N+]([O-])c1cnc2c(c1)CCN(Cc1ccc3scnc3c1)CC2. The molecular formula is C17H16N4O2S. The van der Waals surface area contributed by atoms with Crippen LogP contribution >= 0.6 is 11.3 Å². The van der Waals surface area contributed by atoms with Gasteiger partial charge in [-0.25, -0.2) is 4.98 Å². The van der Waals surface area contributed by atoms with E-state index in [9.17, 15) is 10.1 Å². The molecule has 0 atom stereocenters. The maximum absolute atomic E-state index is 10.9. The normalized spacial score (nSPS) is 15.2. The van der Waals surface area contributed by atoms with E-state index in [1.165, 1.54) is 16.5 Å². The van der Waals surface area contributed by atoms with Crippen molar-refractivity contribution in [1.29, 1.82) is 0 Å². The fraction of sp³-hybridized carbons (Fsp3) is 0.294. The number of benzene rings is 1. The van der Waals surface area contributed by atoms with Crippen molar-refractivity contribution in [1.82, 2.24) is 14.9 Å². The first-order valence-electron chi connectivity index (χ1n) is 7.86. The van der Waals surface area contributed by atoms with E-state index in [2.05, 4.69) is 33.1 Å². The number of hydrogen-bond acceptors (Lipinski definition) is 6. The first-order chi connectivity index (χ1) is 11.7. The van der Waals surface area contributed by atoms with E-state index in [4.69, 9.17) is 0 Å². The summed E-state index contributed by atoms with van der Waals surface area (Å²) in [7, 11) is 0. The van der Waals surface area contributed by atoms with Crippen LogP contribution in [0.1, 0.15) is 16.8 Å². The molecule has 0 unspecified atom stereocenters. The lowest BCUT2D eigenvalue weighted by Gasteiger charge is -2.19. The van der Waals surface area contributed by atoms with Crippen molar-refractivity contribution < 1.29 is 4.92 Å². The molecule has 1 aliphatic heterocycles. The Hall–Kier alpha value is -2.38. The summed E-state index contributed by atoms with van der Waals surface area (Å²) in [6, 6.07) is 8.10. The van der Waals surface area contributed by atoms with Crippen LogP contribution in [0.15, 0.2) is 36.0 Å². The fourth-order valence-electron chi connectivity index (χ4n) is 3.14. The number of rotatable bonds is 3. The van der Waals surface area contributed by atoms with Gasteiger partial charge in [0, 0.05) is 37.8 Å². The highest BCUT2D eigenvalue weighted by Crippen LogP contribution is 2.22. The van der Waals surface area contributed by atoms with Crippen LogP contribution in [-0.4, -0.2) is 32.9 Å². The smallest absolute Gasteiger partial charge is 0.287 e. The minimum absolute atomic E-state index is 0.0798. The topological polar surface area (TPSA) is 72.2 Å². The van der Waals surface area contributed by atoms with Gasteiger partial charge >= 0.3 is 0 Å². The molecule has 0 saturated carbocycles. The Kier molecular flexibility index (Phi) is 3.95. The van der Waals surface area contributed by atoms with Crippen LogP contribution in [0, 0.1) is 10.1 Å². The summed E-state index contributed by atoms with van der Waals surface area (Å²) in [6.07, 6.45) is 2.99. The molecule has 122 valence electrons. The Morgan fingerprint density at radius 3 is 2.96 bits per heavy atom. The number of nitrogens with zero attached hydrogens (tertiary/aromatic N) is 4. The van der Waals surface area contributed by atoms with Gasteiger partial charge in [0.15, 0.2) is 0 Å². The number of fused-ring (bicyclic) bond motifs is 2. The van der Waals surface area contributed by atoms with Crippen LogP contribution in [-0.2, 0) is 19.4 Å². The average molecular weight is 340 g/mol. The van der Waals surface area contributed by atoms with Gasteiger partial charge in [-0.3, -0.25) is 20.0 Å². The number of nitro groups is 1. The van der Waals surface area contributed by atoms with Crippen molar-refractivity contribution in [2.45, 2.75) is 19.4 Å². The molecule has 3 aromatic rings.